The number of hydrogen-bond donors (Lipinski definition) is 0. The predicted octanol–water partition coefficient (Wildman–Crippen LogP) is 3.63. The molecule has 0 heterocycles. The second kappa shape index (κ2) is 16.3. The number of hydrogen-bond acceptors (Lipinski definition) is 4. The van der Waals surface area contributed by atoms with Gasteiger partial charge in [0.1, 0.15) is 12.7 Å². The summed E-state index contributed by atoms with van der Waals surface area (Å²) in [4.78, 5) is 21.7. The van der Waals surface area contributed by atoms with E-state index in [9.17, 15) is 9.59 Å². The molecule has 0 spiro atoms. The van der Waals surface area contributed by atoms with Crippen molar-refractivity contribution in [2.75, 3.05) is 6.61 Å². The molecule has 1 radical (unpaired) electrons. The van der Waals surface area contributed by atoms with Gasteiger partial charge in [-0.25, -0.2) is 0 Å². The summed E-state index contributed by atoms with van der Waals surface area (Å²) in [5.74, 6) is -0.653. The van der Waals surface area contributed by atoms with Gasteiger partial charge in [-0.05, 0) is 12.8 Å². The van der Waals surface area contributed by atoms with Crippen molar-refractivity contribution in [3.8, 4) is 0 Å². The summed E-state index contributed by atoms with van der Waals surface area (Å²) < 4.78 is 10.1. The molecule has 0 rings (SSSR count). The second-order valence-corrected chi connectivity index (χ2v) is 5.30. The summed E-state index contributed by atoms with van der Waals surface area (Å²) in [5, 5.41) is 0. The van der Waals surface area contributed by atoms with Crippen LogP contribution in [-0.2, 0) is 19.1 Å². The standard InChI is InChI=1S/C16H30O4.Na/c1-4-5-6-7-8-9-10-11-12-16(20-15(3)18)13-19-14(2)17;/h16H,4-13H2,1-3H3;. The van der Waals surface area contributed by atoms with Crippen LogP contribution in [0.2, 0.25) is 0 Å². The van der Waals surface area contributed by atoms with Gasteiger partial charge in [0.25, 0.3) is 0 Å². The first-order chi connectivity index (χ1) is 9.56. The van der Waals surface area contributed by atoms with Gasteiger partial charge in [-0.1, -0.05) is 51.9 Å². The summed E-state index contributed by atoms with van der Waals surface area (Å²) in [7, 11) is 0. The Morgan fingerprint density at radius 2 is 1.38 bits per heavy atom. The number of ether oxygens (including phenoxy) is 2. The molecule has 4 nitrogen and oxygen atoms in total. The first-order valence-corrected chi connectivity index (χ1v) is 7.86. The van der Waals surface area contributed by atoms with Crippen LogP contribution in [0.5, 0.6) is 0 Å². The Morgan fingerprint density at radius 3 is 1.86 bits per heavy atom. The van der Waals surface area contributed by atoms with E-state index in [2.05, 4.69) is 6.92 Å². The zero-order valence-corrected chi connectivity index (χ0v) is 16.3. The quantitative estimate of drug-likeness (QED) is 0.314. The van der Waals surface area contributed by atoms with Crippen LogP contribution in [0.15, 0.2) is 0 Å². The van der Waals surface area contributed by atoms with Gasteiger partial charge in [-0.15, -0.1) is 0 Å². The van der Waals surface area contributed by atoms with Crippen molar-refractivity contribution in [1.82, 2.24) is 0 Å². The van der Waals surface area contributed by atoms with Crippen LogP contribution in [0.1, 0.15) is 78.6 Å². The van der Waals surface area contributed by atoms with Gasteiger partial charge >= 0.3 is 11.9 Å². The molecule has 0 saturated heterocycles. The Bertz CT molecular complexity index is 269. The largest absolute Gasteiger partial charge is 0.462 e. The molecule has 0 aliphatic rings. The maximum Gasteiger partial charge on any atom is 0.303 e. The van der Waals surface area contributed by atoms with E-state index in [1.54, 1.807) is 0 Å². The molecule has 0 aliphatic heterocycles. The maximum absolute atomic E-state index is 11.0. The fraction of sp³-hybridized carbons (Fsp3) is 0.875. The molecule has 5 heteroatoms. The Hall–Kier alpha value is -0.0600. The van der Waals surface area contributed by atoms with Crippen molar-refractivity contribution in [2.45, 2.75) is 84.7 Å². The van der Waals surface area contributed by atoms with Crippen molar-refractivity contribution in [1.29, 1.82) is 0 Å². The van der Waals surface area contributed by atoms with Gasteiger partial charge in [0.05, 0.1) is 0 Å². The molecule has 0 aromatic carbocycles. The van der Waals surface area contributed by atoms with Crippen LogP contribution >= 0.6 is 0 Å². The zero-order chi connectivity index (χ0) is 15.2. The molecular formula is C16H30NaO4. The zero-order valence-electron chi connectivity index (χ0n) is 14.3. The number of rotatable bonds is 12. The average Bonchev–Trinajstić information content (AvgIpc) is 2.38. The summed E-state index contributed by atoms with van der Waals surface area (Å²) >= 11 is 0. The first-order valence-electron chi connectivity index (χ1n) is 7.86. The van der Waals surface area contributed by atoms with Crippen LogP contribution in [0.25, 0.3) is 0 Å². The summed E-state index contributed by atoms with van der Waals surface area (Å²) in [6.07, 6.45) is 10.4. The molecule has 1 unspecified atom stereocenters. The monoisotopic (exact) mass is 309 g/mol. The summed E-state index contributed by atoms with van der Waals surface area (Å²) in [5.41, 5.74) is 0. The molecule has 21 heavy (non-hydrogen) atoms. The maximum atomic E-state index is 11.0. The van der Waals surface area contributed by atoms with E-state index in [-0.39, 0.29) is 54.2 Å². The molecule has 0 aromatic rings. The van der Waals surface area contributed by atoms with Crippen molar-refractivity contribution in [2.24, 2.45) is 0 Å². The smallest absolute Gasteiger partial charge is 0.303 e. The molecule has 1 atom stereocenters. The molecule has 0 saturated carbocycles. The number of unbranched alkanes of at least 4 members (excludes halogenated alkanes) is 7. The molecule has 0 aliphatic carbocycles. The van der Waals surface area contributed by atoms with Gasteiger partial charge in [-0.3, -0.25) is 9.59 Å². The van der Waals surface area contributed by atoms with E-state index >= 15 is 0 Å². The Labute approximate surface area is 151 Å². The minimum absolute atomic E-state index is 0. The third-order valence-corrected chi connectivity index (χ3v) is 3.18. The first kappa shape index (κ1) is 23.2. The molecule has 0 bridgehead atoms. The Kier molecular flexibility index (Phi) is 18.0. The topological polar surface area (TPSA) is 52.6 Å². The second-order valence-electron chi connectivity index (χ2n) is 5.30. The fourth-order valence-electron chi connectivity index (χ4n) is 2.13. The van der Waals surface area contributed by atoms with Gasteiger partial charge in [-0.2, -0.15) is 0 Å². The summed E-state index contributed by atoms with van der Waals surface area (Å²) in [6, 6.07) is 0. The minimum atomic E-state index is -0.335. The average molecular weight is 309 g/mol. The molecule has 0 fully saturated rings. The molecule has 0 aromatic heterocycles. The normalized spacial score (nSPS) is 11.4. The van der Waals surface area contributed by atoms with E-state index < -0.39 is 0 Å². The number of carbonyl (C=O) groups is 2. The van der Waals surface area contributed by atoms with E-state index in [0.717, 1.165) is 19.3 Å². The van der Waals surface area contributed by atoms with Gasteiger partial charge < -0.3 is 9.47 Å². The fourth-order valence-corrected chi connectivity index (χ4v) is 2.13. The SMILES string of the molecule is CCCCCCCCCCC(COC(C)=O)OC(C)=O.[Na]. The van der Waals surface area contributed by atoms with E-state index in [1.165, 1.54) is 52.4 Å². The van der Waals surface area contributed by atoms with Gasteiger partial charge in [0, 0.05) is 43.4 Å². The molecular weight excluding hydrogens is 279 g/mol. The third kappa shape index (κ3) is 17.9. The molecule has 0 N–H and O–H groups in total. The van der Waals surface area contributed by atoms with Crippen LogP contribution < -0.4 is 0 Å². The summed E-state index contributed by atoms with van der Waals surface area (Å²) in [6.45, 7) is 5.14. The Morgan fingerprint density at radius 1 is 0.857 bits per heavy atom. The van der Waals surface area contributed by atoms with Crippen molar-refractivity contribution in [3.63, 3.8) is 0 Å². The van der Waals surface area contributed by atoms with Crippen LogP contribution in [0.4, 0.5) is 0 Å². The van der Waals surface area contributed by atoms with Crippen molar-refractivity contribution >= 4 is 41.5 Å². The van der Waals surface area contributed by atoms with Crippen LogP contribution in [-0.4, -0.2) is 54.2 Å². The molecule has 119 valence electrons. The number of esters is 2. The van der Waals surface area contributed by atoms with E-state index in [0.29, 0.717) is 0 Å². The van der Waals surface area contributed by atoms with Crippen LogP contribution in [0, 0.1) is 0 Å². The minimum Gasteiger partial charge on any atom is -0.462 e. The Balaban J connectivity index is 0. The van der Waals surface area contributed by atoms with E-state index in [1.807, 2.05) is 0 Å². The molecule has 0 amide bonds. The van der Waals surface area contributed by atoms with Crippen molar-refractivity contribution in [3.05, 3.63) is 0 Å². The van der Waals surface area contributed by atoms with Gasteiger partial charge in [0.15, 0.2) is 0 Å². The predicted molar refractivity (Wildman–Crippen MR) is 85.2 cm³/mol. The van der Waals surface area contributed by atoms with E-state index in [4.69, 9.17) is 9.47 Å². The number of carbonyl (C=O) groups excluding carboxylic acids is 2. The van der Waals surface area contributed by atoms with Crippen LogP contribution in [0.3, 0.4) is 0 Å². The van der Waals surface area contributed by atoms with Crippen molar-refractivity contribution < 1.29 is 19.1 Å². The van der Waals surface area contributed by atoms with Gasteiger partial charge in [0.2, 0.25) is 0 Å². The third-order valence-electron chi connectivity index (χ3n) is 3.18.